The number of hydrogen-bond donors (Lipinski definition) is 3. The van der Waals surface area contributed by atoms with E-state index in [2.05, 4.69) is 34.8 Å². The molecule has 0 bridgehead atoms. The molecule has 29 heavy (non-hydrogen) atoms. The quantitative estimate of drug-likeness (QED) is 0.374. The molecule has 0 saturated heterocycles. The van der Waals surface area contributed by atoms with Gasteiger partial charge < -0.3 is 20.7 Å². The molecule has 0 saturated carbocycles. The standard InChI is InChI=1S/C23H46N4O2/c1-22(2,3)29-21(28)25-17-15-13-11-9-7-6-8-10-12-14-16-24-20-26-18-23(4,5)19-27-20/h6-19H2,1-5H3,(H,25,28)(H2,24,26,27). The maximum Gasteiger partial charge on any atom is 0.407 e. The van der Waals surface area contributed by atoms with Crippen molar-refractivity contribution >= 4 is 12.1 Å². The molecule has 0 unspecified atom stereocenters. The van der Waals surface area contributed by atoms with Crippen molar-refractivity contribution in [3.05, 3.63) is 0 Å². The van der Waals surface area contributed by atoms with Crippen LogP contribution in [0.5, 0.6) is 0 Å². The fourth-order valence-corrected chi connectivity index (χ4v) is 3.22. The van der Waals surface area contributed by atoms with Crippen LogP contribution in [0.4, 0.5) is 4.79 Å². The Bertz CT molecular complexity index is 484. The van der Waals surface area contributed by atoms with Gasteiger partial charge in [0.05, 0.1) is 0 Å². The molecule has 0 atom stereocenters. The van der Waals surface area contributed by atoms with Gasteiger partial charge in [-0.15, -0.1) is 0 Å². The molecule has 0 spiro atoms. The van der Waals surface area contributed by atoms with Crippen molar-refractivity contribution in [3.8, 4) is 0 Å². The van der Waals surface area contributed by atoms with E-state index in [0.29, 0.717) is 6.54 Å². The van der Waals surface area contributed by atoms with Gasteiger partial charge in [-0.25, -0.2) is 4.79 Å². The molecule has 0 fully saturated rings. The Morgan fingerprint density at radius 2 is 1.48 bits per heavy atom. The Hall–Kier alpha value is -1.46. The summed E-state index contributed by atoms with van der Waals surface area (Å²) in [7, 11) is 0. The summed E-state index contributed by atoms with van der Waals surface area (Å²) in [6.45, 7) is 13.8. The Morgan fingerprint density at radius 1 is 0.966 bits per heavy atom. The molecule has 6 heteroatoms. The number of alkyl carbamates (subject to hydrolysis) is 1. The van der Waals surface area contributed by atoms with Gasteiger partial charge in [-0.3, -0.25) is 4.99 Å². The van der Waals surface area contributed by atoms with Gasteiger partial charge in [0.2, 0.25) is 0 Å². The number of carbonyl (C=O) groups excluding carboxylic acids is 1. The molecule has 170 valence electrons. The zero-order chi connectivity index (χ0) is 21.6. The third kappa shape index (κ3) is 15.1. The largest absolute Gasteiger partial charge is 0.444 e. The number of carbonyl (C=O) groups is 1. The molecule has 1 aliphatic heterocycles. The monoisotopic (exact) mass is 410 g/mol. The zero-order valence-electron chi connectivity index (χ0n) is 19.7. The van der Waals surface area contributed by atoms with Crippen molar-refractivity contribution in [1.29, 1.82) is 0 Å². The van der Waals surface area contributed by atoms with Crippen LogP contribution in [-0.2, 0) is 4.74 Å². The van der Waals surface area contributed by atoms with Crippen LogP contribution in [0, 0.1) is 5.41 Å². The van der Waals surface area contributed by atoms with Crippen LogP contribution in [-0.4, -0.2) is 43.8 Å². The first-order valence-electron chi connectivity index (χ1n) is 11.7. The van der Waals surface area contributed by atoms with Gasteiger partial charge in [-0.1, -0.05) is 65.2 Å². The molecule has 6 nitrogen and oxygen atoms in total. The SMILES string of the molecule is CC1(C)CN=C(NCCCCCCCCCCCCNC(=O)OC(C)(C)C)NC1. The first kappa shape index (κ1) is 25.6. The highest BCUT2D eigenvalue weighted by Crippen LogP contribution is 2.16. The predicted molar refractivity (Wildman–Crippen MR) is 122 cm³/mol. The number of nitrogens with one attached hydrogen (secondary N) is 3. The Labute approximate surface area is 179 Å². The Balaban J connectivity index is 1.79. The maximum absolute atomic E-state index is 11.5. The molecule has 1 amide bonds. The minimum absolute atomic E-state index is 0.280. The Morgan fingerprint density at radius 3 is 1.97 bits per heavy atom. The molecule has 1 rings (SSSR count). The van der Waals surface area contributed by atoms with Gasteiger partial charge in [0.15, 0.2) is 5.96 Å². The van der Waals surface area contributed by atoms with Gasteiger partial charge in [-0.05, 0) is 33.6 Å². The molecular formula is C23H46N4O2. The third-order valence-electron chi connectivity index (χ3n) is 4.96. The molecular weight excluding hydrogens is 364 g/mol. The van der Waals surface area contributed by atoms with Crippen LogP contribution in [0.1, 0.15) is 98.8 Å². The average molecular weight is 411 g/mol. The normalized spacial score (nSPS) is 16.0. The number of hydrogen-bond acceptors (Lipinski definition) is 5. The number of rotatable bonds is 13. The summed E-state index contributed by atoms with van der Waals surface area (Å²) < 4.78 is 5.22. The molecule has 3 N–H and O–H groups in total. The van der Waals surface area contributed by atoms with Crippen LogP contribution in [0.15, 0.2) is 4.99 Å². The number of guanidine groups is 1. The average Bonchev–Trinajstić information content (AvgIpc) is 2.61. The molecule has 0 aliphatic carbocycles. The van der Waals surface area contributed by atoms with E-state index in [4.69, 9.17) is 4.74 Å². The molecule has 1 aliphatic rings. The zero-order valence-corrected chi connectivity index (χ0v) is 19.7. The molecule has 0 aromatic carbocycles. The smallest absolute Gasteiger partial charge is 0.407 e. The predicted octanol–water partition coefficient (Wildman–Crippen LogP) is 4.99. The van der Waals surface area contributed by atoms with Crippen LogP contribution < -0.4 is 16.0 Å². The molecule has 0 aromatic heterocycles. The number of unbranched alkanes of at least 4 members (excludes halogenated alkanes) is 9. The summed E-state index contributed by atoms with van der Waals surface area (Å²) >= 11 is 0. The summed E-state index contributed by atoms with van der Waals surface area (Å²) in [6, 6.07) is 0. The highest BCUT2D eigenvalue weighted by atomic mass is 16.6. The number of nitrogens with zero attached hydrogens (tertiary/aromatic N) is 1. The topological polar surface area (TPSA) is 74.8 Å². The van der Waals surface area contributed by atoms with Crippen molar-refractivity contribution in [2.75, 3.05) is 26.2 Å². The van der Waals surface area contributed by atoms with Gasteiger partial charge in [0, 0.05) is 31.6 Å². The minimum Gasteiger partial charge on any atom is -0.444 e. The van der Waals surface area contributed by atoms with Crippen molar-refractivity contribution in [2.24, 2.45) is 10.4 Å². The second-order valence-corrected chi connectivity index (χ2v) is 10.1. The number of amides is 1. The first-order valence-corrected chi connectivity index (χ1v) is 11.7. The van der Waals surface area contributed by atoms with Crippen molar-refractivity contribution in [3.63, 3.8) is 0 Å². The minimum atomic E-state index is -0.417. The highest BCUT2D eigenvalue weighted by Gasteiger charge is 2.21. The van der Waals surface area contributed by atoms with Crippen molar-refractivity contribution in [1.82, 2.24) is 16.0 Å². The molecule has 1 heterocycles. The van der Waals surface area contributed by atoms with Crippen molar-refractivity contribution < 1.29 is 9.53 Å². The highest BCUT2D eigenvalue weighted by molar-refractivity contribution is 5.80. The fourth-order valence-electron chi connectivity index (χ4n) is 3.22. The van der Waals surface area contributed by atoms with E-state index in [1.807, 2.05) is 20.8 Å². The van der Waals surface area contributed by atoms with E-state index in [-0.39, 0.29) is 11.5 Å². The lowest BCUT2D eigenvalue weighted by molar-refractivity contribution is 0.0527. The molecule has 0 radical (unpaired) electrons. The second kappa shape index (κ2) is 13.7. The summed E-state index contributed by atoms with van der Waals surface area (Å²) in [5.74, 6) is 0.977. The van der Waals surface area contributed by atoms with Crippen LogP contribution >= 0.6 is 0 Å². The lowest BCUT2D eigenvalue weighted by atomic mass is 9.93. The van der Waals surface area contributed by atoms with Crippen LogP contribution in [0.2, 0.25) is 0 Å². The lowest BCUT2D eigenvalue weighted by Gasteiger charge is -2.29. The van der Waals surface area contributed by atoms with E-state index >= 15 is 0 Å². The van der Waals surface area contributed by atoms with E-state index in [1.165, 1.54) is 57.8 Å². The summed E-state index contributed by atoms with van der Waals surface area (Å²) in [5.41, 5.74) is -0.137. The lowest BCUT2D eigenvalue weighted by Crippen LogP contribution is -2.47. The Kier molecular flexibility index (Phi) is 12.1. The van der Waals surface area contributed by atoms with E-state index in [1.54, 1.807) is 0 Å². The summed E-state index contributed by atoms with van der Waals surface area (Å²) in [4.78, 5) is 16.1. The third-order valence-corrected chi connectivity index (χ3v) is 4.96. The first-order chi connectivity index (χ1) is 13.7. The summed E-state index contributed by atoms with van der Waals surface area (Å²) in [5, 5.41) is 9.62. The second-order valence-electron chi connectivity index (χ2n) is 10.1. The fraction of sp³-hybridized carbons (Fsp3) is 0.913. The van der Waals surface area contributed by atoms with Gasteiger partial charge >= 0.3 is 6.09 Å². The van der Waals surface area contributed by atoms with E-state index in [0.717, 1.165) is 32.0 Å². The number of ether oxygens (including phenoxy) is 1. The van der Waals surface area contributed by atoms with E-state index < -0.39 is 5.60 Å². The van der Waals surface area contributed by atoms with E-state index in [9.17, 15) is 4.79 Å². The van der Waals surface area contributed by atoms with Gasteiger partial charge in [0.25, 0.3) is 0 Å². The maximum atomic E-state index is 11.5. The van der Waals surface area contributed by atoms with Crippen LogP contribution in [0.25, 0.3) is 0 Å². The van der Waals surface area contributed by atoms with Crippen LogP contribution in [0.3, 0.4) is 0 Å². The summed E-state index contributed by atoms with van der Waals surface area (Å²) in [6.07, 6.45) is 12.3. The van der Waals surface area contributed by atoms with Gasteiger partial charge in [-0.2, -0.15) is 0 Å². The van der Waals surface area contributed by atoms with Gasteiger partial charge in [0.1, 0.15) is 5.60 Å². The number of aliphatic imine (C=N–C) groups is 1. The van der Waals surface area contributed by atoms with Crippen molar-refractivity contribution in [2.45, 2.75) is 104 Å². The molecule has 0 aromatic rings.